The summed E-state index contributed by atoms with van der Waals surface area (Å²) >= 11 is 0. The SMILES string of the molecule is C[C@H]1CC(=O)[C@@H](CC(=O)OCC(=O)Nc2cccc3ccccc23)[C@@H]1C[N+](=O)[O-]. The fourth-order valence-corrected chi connectivity index (χ4v) is 3.91. The van der Waals surface area contributed by atoms with E-state index in [1.165, 1.54) is 0 Å². The number of nitro groups is 1. The Morgan fingerprint density at radius 3 is 2.69 bits per heavy atom. The molecule has 0 unspecified atom stereocenters. The van der Waals surface area contributed by atoms with Gasteiger partial charge in [0.1, 0.15) is 5.78 Å². The average Bonchev–Trinajstić information content (AvgIpc) is 2.93. The van der Waals surface area contributed by atoms with E-state index in [1.54, 1.807) is 13.0 Å². The third-order valence-corrected chi connectivity index (χ3v) is 5.36. The second-order valence-corrected chi connectivity index (χ2v) is 7.37. The largest absolute Gasteiger partial charge is 0.456 e. The van der Waals surface area contributed by atoms with Gasteiger partial charge in [-0.15, -0.1) is 0 Å². The normalized spacial score (nSPS) is 21.1. The number of hydrogen-bond donors (Lipinski definition) is 1. The lowest BCUT2D eigenvalue weighted by Crippen LogP contribution is -2.28. The molecule has 0 aliphatic heterocycles. The minimum atomic E-state index is -0.732. The zero-order valence-corrected chi connectivity index (χ0v) is 16.0. The highest BCUT2D eigenvalue weighted by molar-refractivity contribution is 6.02. The van der Waals surface area contributed by atoms with Gasteiger partial charge >= 0.3 is 5.97 Å². The molecule has 3 atom stereocenters. The lowest BCUT2D eigenvalue weighted by Gasteiger charge is -2.17. The van der Waals surface area contributed by atoms with Crippen molar-refractivity contribution in [3.63, 3.8) is 0 Å². The van der Waals surface area contributed by atoms with Gasteiger partial charge in [-0.2, -0.15) is 0 Å². The Labute approximate surface area is 167 Å². The molecule has 29 heavy (non-hydrogen) atoms. The van der Waals surface area contributed by atoms with Crippen LogP contribution in [0, 0.1) is 27.9 Å². The molecule has 1 fully saturated rings. The van der Waals surface area contributed by atoms with Crippen LogP contribution in [-0.2, 0) is 19.1 Å². The number of amides is 1. The molecule has 1 aliphatic rings. The maximum Gasteiger partial charge on any atom is 0.307 e. The monoisotopic (exact) mass is 398 g/mol. The van der Waals surface area contributed by atoms with Crippen molar-refractivity contribution < 1.29 is 24.0 Å². The number of ether oxygens (including phenoxy) is 1. The fourth-order valence-electron chi connectivity index (χ4n) is 3.91. The van der Waals surface area contributed by atoms with E-state index in [0.717, 1.165) is 10.8 Å². The van der Waals surface area contributed by atoms with Gasteiger partial charge in [0.25, 0.3) is 5.91 Å². The first-order chi connectivity index (χ1) is 13.8. The molecule has 1 amide bonds. The lowest BCUT2D eigenvalue weighted by molar-refractivity contribution is -0.490. The summed E-state index contributed by atoms with van der Waals surface area (Å²) in [5.41, 5.74) is 0.606. The zero-order chi connectivity index (χ0) is 21.0. The maximum absolute atomic E-state index is 12.2. The molecule has 8 nitrogen and oxygen atoms in total. The van der Waals surface area contributed by atoms with Gasteiger partial charge in [-0.3, -0.25) is 24.5 Å². The minimum absolute atomic E-state index is 0.152. The molecule has 152 valence electrons. The summed E-state index contributed by atoms with van der Waals surface area (Å²) in [6.45, 7) is 0.930. The highest BCUT2D eigenvalue weighted by atomic mass is 16.6. The molecular formula is C21H22N2O6. The predicted octanol–water partition coefficient (Wildman–Crippen LogP) is 2.83. The molecule has 3 rings (SSSR count). The van der Waals surface area contributed by atoms with Crippen LogP contribution in [0.15, 0.2) is 42.5 Å². The molecule has 2 aromatic carbocycles. The maximum atomic E-state index is 12.2. The van der Waals surface area contributed by atoms with Crippen LogP contribution in [0.5, 0.6) is 0 Å². The Morgan fingerprint density at radius 1 is 1.21 bits per heavy atom. The number of Topliss-reactive ketones (excluding diaryl/α,β-unsaturated/α-hetero) is 1. The van der Waals surface area contributed by atoms with Gasteiger partial charge in [0.15, 0.2) is 6.61 Å². The van der Waals surface area contributed by atoms with Crippen LogP contribution in [0.1, 0.15) is 19.8 Å². The number of anilines is 1. The minimum Gasteiger partial charge on any atom is -0.456 e. The summed E-state index contributed by atoms with van der Waals surface area (Å²) in [7, 11) is 0. The molecule has 1 saturated carbocycles. The number of ketones is 1. The third kappa shape index (κ3) is 4.96. The molecule has 0 spiro atoms. The van der Waals surface area contributed by atoms with Crippen molar-refractivity contribution in [1.29, 1.82) is 0 Å². The summed E-state index contributed by atoms with van der Waals surface area (Å²) in [6.07, 6.45) is -0.0265. The van der Waals surface area contributed by atoms with E-state index < -0.39 is 35.2 Å². The number of carbonyl (C=O) groups is 3. The van der Waals surface area contributed by atoms with Crippen molar-refractivity contribution >= 4 is 34.1 Å². The predicted molar refractivity (Wildman–Crippen MR) is 106 cm³/mol. The fraction of sp³-hybridized carbons (Fsp3) is 0.381. The van der Waals surface area contributed by atoms with Gasteiger partial charge in [0.05, 0.1) is 6.42 Å². The van der Waals surface area contributed by atoms with E-state index >= 15 is 0 Å². The number of fused-ring (bicyclic) bond motifs is 1. The molecular weight excluding hydrogens is 376 g/mol. The van der Waals surface area contributed by atoms with E-state index in [-0.39, 0.29) is 31.1 Å². The van der Waals surface area contributed by atoms with Crippen LogP contribution in [0.2, 0.25) is 0 Å². The second-order valence-electron chi connectivity index (χ2n) is 7.37. The quantitative estimate of drug-likeness (QED) is 0.436. The topological polar surface area (TPSA) is 116 Å². The standard InChI is InChI=1S/C21H22N2O6/c1-13-9-19(24)16(17(13)11-23(27)28)10-21(26)29-12-20(25)22-18-8-4-6-14-5-2-3-7-15(14)18/h2-8,13,16-17H,9-12H2,1H3,(H,22,25)/t13-,16-,17+/m0/s1. The van der Waals surface area contributed by atoms with Crippen molar-refractivity contribution in [1.82, 2.24) is 0 Å². The first-order valence-corrected chi connectivity index (χ1v) is 9.43. The molecule has 8 heteroatoms. The van der Waals surface area contributed by atoms with E-state index in [2.05, 4.69) is 5.32 Å². The zero-order valence-electron chi connectivity index (χ0n) is 16.0. The van der Waals surface area contributed by atoms with E-state index in [4.69, 9.17) is 4.74 Å². The Morgan fingerprint density at radius 2 is 1.93 bits per heavy atom. The van der Waals surface area contributed by atoms with Gasteiger partial charge in [-0.1, -0.05) is 43.3 Å². The van der Waals surface area contributed by atoms with E-state index in [9.17, 15) is 24.5 Å². The number of carbonyl (C=O) groups excluding carboxylic acids is 3. The molecule has 1 aliphatic carbocycles. The van der Waals surface area contributed by atoms with Crippen LogP contribution >= 0.6 is 0 Å². The molecule has 1 N–H and O–H groups in total. The average molecular weight is 398 g/mol. The Bertz CT molecular complexity index is 952. The Hall–Kier alpha value is -3.29. The van der Waals surface area contributed by atoms with Crippen LogP contribution in [0.25, 0.3) is 10.8 Å². The van der Waals surface area contributed by atoms with Crippen molar-refractivity contribution in [3.05, 3.63) is 52.6 Å². The summed E-state index contributed by atoms with van der Waals surface area (Å²) in [5.74, 6) is -2.75. The first kappa shape index (κ1) is 20.4. The van der Waals surface area contributed by atoms with Gasteiger partial charge in [0, 0.05) is 34.3 Å². The summed E-state index contributed by atoms with van der Waals surface area (Å²) < 4.78 is 5.01. The number of rotatable bonds is 7. The van der Waals surface area contributed by atoms with Gasteiger partial charge < -0.3 is 10.1 Å². The van der Waals surface area contributed by atoms with Crippen molar-refractivity contribution in [2.24, 2.45) is 17.8 Å². The third-order valence-electron chi connectivity index (χ3n) is 5.36. The van der Waals surface area contributed by atoms with Gasteiger partial charge in [-0.05, 0) is 17.4 Å². The van der Waals surface area contributed by atoms with Crippen molar-refractivity contribution in [2.45, 2.75) is 19.8 Å². The van der Waals surface area contributed by atoms with E-state index in [1.807, 2.05) is 36.4 Å². The number of nitrogens with zero attached hydrogens (tertiary/aromatic N) is 1. The molecule has 0 saturated heterocycles. The van der Waals surface area contributed by atoms with Crippen LogP contribution in [0.3, 0.4) is 0 Å². The lowest BCUT2D eigenvalue weighted by atomic mass is 9.88. The number of hydrogen-bond acceptors (Lipinski definition) is 6. The molecule has 0 bridgehead atoms. The summed E-state index contributed by atoms with van der Waals surface area (Å²) in [5, 5.41) is 15.4. The molecule has 0 aromatic heterocycles. The molecule has 2 aromatic rings. The molecule has 0 radical (unpaired) electrons. The molecule has 0 heterocycles. The smallest absolute Gasteiger partial charge is 0.307 e. The van der Waals surface area contributed by atoms with Crippen LogP contribution in [-0.4, -0.2) is 35.7 Å². The van der Waals surface area contributed by atoms with E-state index in [0.29, 0.717) is 5.69 Å². The van der Waals surface area contributed by atoms with Gasteiger partial charge in [0.2, 0.25) is 6.54 Å². The van der Waals surface area contributed by atoms with Crippen molar-refractivity contribution in [3.8, 4) is 0 Å². The Kier molecular flexibility index (Phi) is 6.21. The number of nitrogens with one attached hydrogen (secondary N) is 1. The highest BCUT2D eigenvalue weighted by Crippen LogP contribution is 2.36. The van der Waals surface area contributed by atoms with Crippen molar-refractivity contribution in [2.75, 3.05) is 18.5 Å². The Balaban J connectivity index is 1.55. The van der Waals surface area contributed by atoms with Crippen LogP contribution in [0.4, 0.5) is 5.69 Å². The number of esters is 1. The highest BCUT2D eigenvalue weighted by Gasteiger charge is 2.44. The summed E-state index contributed by atoms with van der Waals surface area (Å²) in [4.78, 5) is 46.8. The van der Waals surface area contributed by atoms with Crippen LogP contribution < -0.4 is 5.32 Å². The summed E-state index contributed by atoms with van der Waals surface area (Å²) in [6, 6.07) is 13.0. The second kappa shape index (κ2) is 8.81. The van der Waals surface area contributed by atoms with Gasteiger partial charge in [-0.25, -0.2) is 0 Å². The first-order valence-electron chi connectivity index (χ1n) is 9.43. The number of benzene rings is 2.